The van der Waals surface area contributed by atoms with Crippen LogP contribution in [0.1, 0.15) is 90.0 Å². The number of hydrogen-bond acceptors (Lipinski definition) is 8. The summed E-state index contributed by atoms with van der Waals surface area (Å²) in [6, 6.07) is 26.8. The predicted octanol–water partition coefficient (Wildman–Crippen LogP) is 7.32. The molecule has 3 unspecified atom stereocenters. The van der Waals surface area contributed by atoms with Gasteiger partial charge < -0.3 is 30.1 Å². The molecular weight excluding hydrogens is 657 g/mol. The molecule has 4 aromatic rings. The van der Waals surface area contributed by atoms with Gasteiger partial charge in [0.2, 0.25) is 5.91 Å². The van der Waals surface area contributed by atoms with E-state index in [9.17, 15) is 24.6 Å². The van der Waals surface area contributed by atoms with Crippen molar-refractivity contribution in [2.45, 2.75) is 81.6 Å². The minimum atomic E-state index is -1.03. The van der Waals surface area contributed by atoms with Gasteiger partial charge in [-0.2, -0.15) is 0 Å². The molecule has 3 aromatic carbocycles. The molecule has 11 heteroatoms. The molecule has 10 nitrogen and oxygen atoms in total. The smallest absolute Gasteiger partial charge is 0.338 e. The number of rotatable bonds is 17. The molecule has 0 radical (unpaired) electrons. The van der Waals surface area contributed by atoms with Gasteiger partial charge in [0, 0.05) is 43.3 Å². The molecule has 3 atom stereocenters. The number of amides is 1. The maximum Gasteiger partial charge on any atom is 0.338 e. The number of carbonyl (C=O) groups is 3. The van der Waals surface area contributed by atoms with Crippen LogP contribution >= 0.6 is 11.8 Å². The van der Waals surface area contributed by atoms with Crippen molar-refractivity contribution in [3.05, 3.63) is 119 Å². The summed E-state index contributed by atoms with van der Waals surface area (Å²) in [7, 11) is 0. The number of pyridine rings is 1. The summed E-state index contributed by atoms with van der Waals surface area (Å²) >= 11 is 1.34. The third-order valence-corrected chi connectivity index (χ3v) is 9.61. The lowest BCUT2D eigenvalue weighted by Gasteiger charge is -2.36. The van der Waals surface area contributed by atoms with Crippen LogP contribution in [0.25, 0.3) is 11.1 Å². The number of aliphatic hydroxyl groups is 1. The Morgan fingerprint density at radius 2 is 1.54 bits per heavy atom. The molecule has 1 fully saturated rings. The Morgan fingerprint density at radius 1 is 0.800 bits per heavy atom. The number of carbonyl (C=O) groups excluding carboxylic acids is 1. The fourth-order valence-electron chi connectivity index (χ4n) is 5.79. The maximum atomic E-state index is 12.4. The molecule has 1 saturated heterocycles. The number of thioether (sulfide) groups is 1. The first kappa shape index (κ1) is 36.7. The normalized spacial score (nSPS) is 17.3. The van der Waals surface area contributed by atoms with Gasteiger partial charge in [0.25, 0.3) is 0 Å². The van der Waals surface area contributed by atoms with Gasteiger partial charge in [-0.15, -0.1) is 11.8 Å². The molecule has 50 heavy (non-hydrogen) atoms. The Bertz CT molecular complexity index is 1750. The average molecular weight is 699 g/mol. The average Bonchev–Trinajstić information content (AvgIpc) is 3.14. The number of ether oxygens (including phenoxy) is 2. The number of aromatic carboxylic acids is 1. The fourth-order valence-corrected chi connectivity index (χ4v) is 6.80. The Labute approximate surface area is 295 Å². The van der Waals surface area contributed by atoms with Crippen molar-refractivity contribution < 1.29 is 39.2 Å². The number of benzene rings is 3. The number of nitrogens with zero attached hydrogens (tertiary/aromatic N) is 1. The van der Waals surface area contributed by atoms with Gasteiger partial charge in [0.05, 0.1) is 24.4 Å². The van der Waals surface area contributed by atoms with Gasteiger partial charge in [-0.1, -0.05) is 73.5 Å². The molecule has 0 aliphatic carbocycles. The van der Waals surface area contributed by atoms with E-state index < -0.39 is 18.2 Å². The van der Waals surface area contributed by atoms with E-state index in [1.165, 1.54) is 11.8 Å². The van der Waals surface area contributed by atoms with E-state index in [4.69, 9.17) is 14.6 Å². The first-order valence-electron chi connectivity index (χ1n) is 16.8. The van der Waals surface area contributed by atoms with Crippen LogP contribution in [0.3, 0.4) is 0 Å². The molecular formula is C39H42N2O8S. The minimum Gasteiger partial charge on any atom is -0.481 e. The number of aliphatic hydroxyl groups excluding tert-OH is 1. The van der Waals surface area contributed by atoms with Crippen molar-refractivity contribution in [2.24, 2.45) is 0 Å². The molecule has 1 amide bonds. The first-order chi connectivity index (χ1) is 24.3. The SMILES string of the molecule is O=C(O)CCCCCCC(=O)NCc1cccc(-c2cccc(C3OC(CSc4ncccc4C(=O)O)CC(c4ccc(CO)cc4)O3)c2)c1. The van der Waals surface area contributed by atoms with E-state index in [1.54, 1.807) is 18.3 Å². The maximum absolute atomic E-state index is 12.4. The highest BCUT2D eigenvalue weighted by Crippen LogP contribution is 2.40. The monoisotopic (exact) mass is 698 g/mol. The predicted molar refractivity (Wildman–Crippen MR) is 189 cm³/mol. The number of hydrogen-bond donors (Lipinski definition) is 4. The second-order valence-corrected chi connectivity index (χ2v) is 13.2. The topological polar surface area (TPSA) is 155 Å². The van der Waals surface area contributed by atoms with Crippen molar-refractivity contribution in [1.29, 1.82) is 0 Å². The zero-order chi connectivity index (χ0) is 35.3. The van der Waals surface area contributed by atoms with E-state index in [-0.39, 0.29) is 36.7 Å². The van der Waals surface area contributed by atoms with Gasteiger partial charge in [-0.05, 0) is 64.9 Å². The summed E-state index contributed by atoms with van der Waals surface area (Å²) in [5.74, 6) is -1.38. The third-order valence-electron chi connectivity index (χ3n) is 8.48. The lowest BCUT2D eigenvalue weighted by Crippen LogP contribution is -2.31. The molecule has 4 N–H and O–H groups in total. The highest BCUT2D eigenvalue weighted by atomic mass is 32.2. The van der Waals surface area contributed by atoms with Gasteiger partial charge >= 0.3 is 11.9 Å². The Morgan fingerprint density at radius 3 is 2.28 bits per heavy atom. The highest BCUT2D eigenvalue weighted by molar-refractivity contribution is 7.99. The summed E-state index contributed by atoms with van der Waals surface area (Å²) in [6.45, 7) is 0.348. The lowest BCUT2D eigenvalue weighted by atomic mass is 9.99. The van der Waals surface area contributed by atoms with Crippen LogP contribution in [-0.4, -0.2) is 50.0 Å². The van der Waals surface area contributed by atoms with Crippen LogP contribution in [0.15, 0.2) is 96.2 Å². The summed E-state index contributed by atoms with van der Waals surface area (Å²) in [5.41, 5.74) is 5.65. The molecule has 2 heterocycles. The molecule has 0 bridgehead atoms. The van der Waals surface area contributed by atoms with Crippen LogP contribution in [0.2, 0.25) is 0 Å². The van der Waals surface area contributed by atoms with Gasteiger partial charge in [0.1, 0.15) is 5.03 Å². The van der Waals surface area contributed by atoms with E-state index in [2.05, 4.69) is 10.3 Å². The van der Waals surface area contributed by atoms with Gasteiger partial charge in [-0.25, -0.2) is 9.78 Å². The number of aliphatic carboxylic acids is 1. The van der Waals surface area contributed by atoms with E-state index in [0.29, 0.717) is 36.6 Å². The second kappa shape index (κ2) is 18.4. The Hall–Kier alpha value is -4.55. The summed E-state index contributed by atoms with van der Waals surface area (Å²) in [5, 5.41) is 31.3. The van der Waals surface area contributed by atoms with Crippen molar-refractivity contribution in [3.63, 3.8) is 0 Å². The van der Waals surface area contributed by atoms with Crippen molar-refractivity contribution >= 4 is 29.6 Å². The van der Waals surface area contributed by atoms with Crippen LogP contribution < -0.4 is 5.32 Å². The molecule has 5 rings (SSSR count). The van der Waals surface area contributed by atoms with Crippen LogP contribution in [0.5, 0.6) is 0 Å². The van der Waals surface area contributed by atoms with Crippen LogP contribution in [0.4, 0.5) is 0 Å². The van der Waals surface area contributed by atoms with E-state index in [1.807, 2.05) is 72.8 Å². The minimum absolute atomic E-state index is 0.0299. The molecule has 262 valence electrons. The van der Waals surface area contributed by atoms with Crippen LogP contribution in [0, 0.1) is 0 Å². The summed E-state index contributed by atoms with van der Waals surface area (Å²) in [4.78, 5) is 39.1. The zero-order valence-electron chi connectivity index (χ0n) is 27.7. The molecule has 0 spiro atoms. The number of carboxylic acids is 2. The summed E-state index contributed by atoms with van der Waals surface area (Å²) in [6.07, 6.45) is 4.43. The largest absolute Gasteiger partial charge is 0.481 e. The quantitative estimate of drug-likeness (QED) is 0.0651. The third kappa shape index (κ3) is 10.7. The van der Waals surface area contributed by atoms with Crippen LogP contribution in [-0.2, 0) is 32.2 Å². The molecule has 0 saturated carbocycles. The molecule has 1 aliphatic rings. The summed E-state index contributed by atoms with van der Waals surface area (Å²) < 4.78 is 13.0. The van der Waals surface area contributed by atoms with E-state index >= 15 is 0 Å². The molecule has 1 aliphatic heterocycles. The lowest BCUT2D eigenvalue weighted by molar-refractivity contribution is -0.245. The van der Waals surface area contributed by atoms with E-state index in [0.717, 1.165) is 52.6 Å². The van der Waals surface area contributed by atoms with Crippen molar-refractivity contribution in [1.82, 2.24) is 10.3 Å². The number of carboxylic acid groups (broad SMARTS) is 2. The number of nitrogens with one attached hydrogen (secondary N) is 1. The van der Waals surface area contributed by atoms with Gasteiger partial charge in [0.15, 0.2) is 6.29 Å². The number of aromatic nitrogens is 1. The first-order valence-corrected chi connectivity index (χ1v) is 17.8. The van der Waals surface area contributed by atoms with Crippen molar-refractivity contribution in [3.8, 4) is 11.1 Å². The zero-order valence-corrected chi connectivity index (χ0v) is 28.5. The fraction of sp³-hybridized carbons (Fsp3) is 0.333. The standard InChI is InChI=1S/C39H42N2O8S/c42-24-26-15-17-28(18-16-26)34-22-32(25-50-37-33(38(46)47)12-7-19-40-37)48-39(49-34)31-11-6-10-30(21-31)29-9-5-8-27(20-29)23-41-35(43)13-3-1-2-4-14-36(44)45/h5-12,15-21,32,34,39,42H,1-4,13-14,22-25H2,(H,41,43)(H,44,45)(H,46,47). The molecule has 1 aromatic heterocycles. The number of unbranched alkanes of at least 4 members (excludes halogenated alkanes) is 3. The highest BCUT2D eigenvalue weighted by Gasteiger charge is 2.33. The Kier molecular flexibility index (Phi) is 13.5. The second-order valence-electron chi connectivity index (χ2n) is 12.2. The van der Waals surface area contributed by atoms with Gasteiger partial charge in [-0.3, -0.25) is 9.59 Å². The van der Waals surface area contributed by atoms with Crippen molar-refractivity contribution in [2.75, 3.05) is 5.75 Å². The Balaban J connectivity index is 1.26.